The Morgan fingerprint density at radius 3 is 2.68 bits per heavy atom. The molecule has 0 unspecified atom stereocenters. The second-order valence-electron chi connectivity index (χ2n) is 4.72. The molecule has 2 N–H and O–H groups in total. The highest BCUT2D eigenvalue weighted by Gasteiger charge is 2.05. The molecule has 0 amide bonds. The molecule has 1 aromatic heterocycles. The Balaban J connectivity index is 0.00000242. The van der Waals surface area contributed by atoms with Crippen LogP contribution in [0.3, 0.4) is 0 Å². The van der Waals surface area contributed by atoms with E-state index in [1.807, 2.05) is 18.2 Å². The average Bonchev–Trinajstić information content (AvgIpc) is 3.00. The minimum absolute atomic E-state index is 0. The van der Waals surface area contributed by atoms with Gasteiger partial charge < -0.3 is 10.6 Å². The normalized spacial score (nSPS) is 10.9. The molecule has 1 aromatic carbocycles. The molecule has 0 aliphatic heterocycles. The number of hydrogen-bond acceptors (Lipinski definition) is 3. The third-order valence-electron chi connectivity index (χ3n) is 3.06. The van der Waals surface area contributed by atoms with Crippen molar-refractivity contribution in [2.75, 3.05) is 13.6 Å². The van der Waals surface area contributed by atoms with Gasteiger partial charge in [-0.05, 0) is 6.42 Å². The smallest absolute Gasteiger partial charge is 0.191 e. The summed E-state index contributed by atoms with van der Waals surface area (Å²) in [5, 5.41) is 9.73. The largest absolute Gasteiger partial charge is 0.356 e. The molecule has 4 nitrogen and oxygen atoms in total. The summed E-state index contributed by atoms with van der Waals surface area (Å²) in [4.78, 5) is 8.87. The van der Waals surface area contributed by atoms with Crippen molar-refractivity contribution in [1.82, 2.24) is 15.6 Å². The van der Waals surface area contributed by atoms with Crippen LogP contribution in [0.1, 0.15) is 25.5 Å². The lowest BCUT2D eigenvalue weighted by Gasteiger charge is -2.10. The predicted molar refractivity (Wildman–Crippen MR) is 106 cm³/mol. The van der Waals surface area contributed by atoms with Crippen molar-refractivity contribution >= 4 is 41.3 Å². The first-order valence-corrected chi connectivity index (χ1v) is 8.15. The molecule has 6 heteroatoms. The summed E-state index contributed by atoms with van der Waals surface area (Å²) >= 11 is 1.67. The number of benzene rings is 1. The Labute approximate surface area is 153 Å². The van der Waals surface area contributed by atoms with Gasteiger partial charge in [0.25, 0.3) is 0 Å². The van der Waals surface area contributed by atoms with Gasteiger partial charge in [-0.2, -0.15) is 0 Å². The number of nitrogens with one attached hydrogen (secondary N) is 2. The molecule has 0 aliphatic carbocycles. The van der Waals surface area contributed by atoms with Gasteiger partial charge in [-0.15, -0.1) is 35.3 Å². The highest BCUT2D eigenvalue weighted by atomic mass is 127. The van der Waals surface area contributed by atoms with Gasteiger partial charge in [0.1, 0.15) is 5.01 Å². The van der Waals surface area contributed by atoms with Crippen LogP contribution in [0, 0.1) is 0 Å². The summed E-state index contributed by atoms with van der Waals surface area (Å²) in [7, 11) is 1.79. The number of guanidine groups is 1. The highest BCUT2D eigenvalue weighted by Crippen LogP contribution is 2.22. The van der Waals surface area contributed by atoms with Crippen LogP contribution < -0.4 is 10.6 Å². The molecule has 1 heterocycles. The van der Waals surface area contributed by atoms with E-state index in [0.29, 0.717) is 6.54 Å². The number of nitrogens with zero attached hydrogens (tertiary/aromatic N) is 2. The minimum Gasteiger partial charge on any atom is -0.356 e. The molecule has 22 heavy (non-hydrogen) atoms. The number of rotatable bonds is 6. The van der Waals surface area contributed by atoms with Gasteiger partial charge in [-0.1, -0.05) is 43.7 Å². The molecule has 120 valence electrons. The fourth-order valence-electron chi connectivity index (χ4n) is 1.88. The zero-order valence-corrected chi connectivity index (χ0v) is 16.2. The highest BCUT2D eigenvalue weighted by molar-refractivity contribution is 14.0. The summed E-state index contributed by atoms with van der Waals surface area (Å²) in [6.07, 6.45) is 2.33. The number of thiazole rings is 1. The molecule has 0 fully saturated rings. The Morgan fingerprint density at radius 1 is 1.23 bits per heavy atom. The Bertz CT molecular complexity index is 569. The van der Waals surface area contributed by atoms with E-state index >= 15 is 0 Å². The van der Waals surface area contributed by atoms with Crippen molar-refractivity contribution in [2.45, 2.75) is 26.3 Å². The molecule has 2 rings (SSSR count). The van der Waals surface area contributed by atoms with Crippen molar-refractivity contribution < 1.29 is 0 Å². The van der Waals surface area contributed by atoms with E-state index in [1.54, 1.807) is 18.4 Å². The standard InChI is InChI=1S/C16H22N4S.HI/c1-3-4-10-18-16(17-2)19-11-14-12-21-15(20-14)13-8-6-5-7-9-13;/h5-9,12H,3-4,10-11H2,1-2H3,(H2,17,18,19);1H. The van der Waals surface area contributed by atoms with Crippen molar-refractivity contribution in [3.05, 3.63) is 41.4 Å². The van der Waals surface area contributed by atoms with Crippen molar-refractivity contribution in [1.29, 1.82) is 0 Å². The molecule has 0 aliphatic rings. The van der Waals surface area contributed by atoms with E-state index in [2.05, 4.69) is 45.0 Å². The lowest BCUT2D eigenvalue weighted by Crippen LogP contribution is -2.37. The number of aliphatic imine (C=N–C) groups is 1. The van der Waals surface area contributed by atoms with Crippen LogP contribution in [-0.2, 0) is 6.54 Å². The van der Waals surface area contributed by atoms with Crippen LogP contribution >= 0.6 is 35.3 Å². The first-order valence-electron chi connectivity index (χ1n) is 7.27. The number of aromatic nitrogens is 1. The van der Waals surface area contributed by atoms with Crippen LogP contribution in [0.2, 0.25) is 0 Å². The van der Waals surface area contributed by atoms with Crippen LogP contribution in [0.15, 0.2) is 40.7 Å². The lowest BCUT2D eigenvalue weighted by atomic mass is 10.2. The van der Waals surface area contributed by atoms with Gasteiger partial charge in [0.2, 0.25) is 0 Å². The topological polar surface area (TPSA) is 49.3 Å². The Kier molecular flexibility index (Phi) is 9.07. The van der Waals surface area contributed by atoms with E-state index in [1.165, 1.54) is 12.0 Å². The van der Waals surface area contributed by atoms with Crippen LogP contribution in [-0.4, -0.2) is 24.5 Å². The van der Waals surface area contributed by atoms with Gasteiger partial charge in [0, 0.05) is 24.5 Å². The predicted octanol–water partition coefficient (Wildman–Crippen LogP) is 3.89. The number of halogens is 1. The second-order valence-corrected chi connectivity index (χ2v) is 5.57. The quantitative estimate of drug-likeness (QED) is 0.317. The summed E-state index contributed by atoms with van der Waals surface area (Å²) in [6, 6.07) is 10.3. The van der Waals surface area contributed by atoms with Crippen molar-refractivity contribution in [3.63, 3.8) is 0 Å². The number of unbranched alkanes of at least 4 members (excludes halogenated alkanes) is 1. The summed E-state index contributed by atoms with van der Waals surface area (Å²) in [5.74, 6) is 0.831. The van der Waals surface area contributed by atoms with Crippen LogP contribution in [0.5, 0.6) is 0 Å². The maximum Gasteiger partial charge on any atom is 0.191 e. The molecule has 0 saturated heterocycles. The van der Waals surface area contributed by atoms with Gasteiger partial charge in [0.15, 0.2) is 5.96 Å². The first-order chi connectivity index (χ1) is 10.3. The van der Waals surface area contributed by atoms with E-state index < -0.39 is 0 Å². The monoisotopic (exact) mass is 430 g/mol. The SMILES string of the molecule is CCCCNC(=NC)NCc1csc(-c2ccccc2)n1.I. The Hall–Kier alpha value is -1.15. The maximum absolute atomic E-state index is 4.66. The van der Waals surface area contributed by atoms with Crippen LogP contribution in [0.25, 0.3) is 10.6 Å². The summed E-state index contributed by atoms with van der Waals surface area (Å²) in [6.45, 7) is 3.82. The molecular formula is C16H23IN4S. The third kappa shape index (κ3) is 5.92. The third-order valence-corrected chi connectivity index (χ3v) is 4.00. The fourth-order valence-corrected chi connectivity index (χ4v) is 2.71. The van der Waals surface area contributed by atoms with E-state index in [-0.39, 0.29) is 24.0 Å². The second kappa shape index (κ2) is 10.6. The van der Waals surface area contributed by atoms with E-state index in [4.69, 9.17) is 0 Å². The van der Waals surface area contributed by atoms with Gasteiger partial charge >= 0.3 is 0 Å². The first kappa shape index (κ1) is 18.9. The summed E-state index contributed by atoms with van der Waals surface area (Å²) in [5.41, 5.74) is 2.21. The van der Waals surface area contributed by atoms with Gasteiger partial charge in [-0.25, -0.2) is 4.98 Å². The summed E-state index contributed by atoms with van der Waals surface area (Å²) < 4.78 is 0. The van der Waals surface area contributed by atoms with Gasteiger partial charge in [0.05, 0.1) is 12.2 Å². The minimum atomic E-state index is 0. The molecule has 0 saturated carbocycles. The fraction of sp³-hybridized carbons (Fsp3) is 0.375. The maximum atomic E-state index is 4.66. The molecule has 0 spiro atoms. The van der Waals surface area contributed by atoms with Gasteiger partial charge in [-0.3, -0.25) is 4.99 Å². The van der Waals surface area contributed by atoms with Crippen molar-refractivity contribution in [3.8, 4) is 10.6 Å². The molecule has 2 aromatic rings. The number of hydrogen-bond donors (Lipinski definition) is 2. The molecular weight excluding hydrogens is 407 g/mol. The lowest BCUT2D eigenvalue weighted by molar-refractivity contribution is 0.726. The molecule has 0 bridgehead atoms. The van der Waals surface area contributed by atoms with E-state index in [9.17, 15) is 0 Å². The van der Waals surface area contributed by atoms with Crippen molar-refractivity contribution in [2.24, 2.45) is 4.99 Å². The molecule has 0 atom stereocenters. The van der Waals surface area contributed by atoms with Crippen LogP contribution in [0.4, 0.5) is 0 Å². The zero-order valence-electron chi connectivity index (χ0n) is 13.0. The molecule has 0 radical (unpaired) electrons. The van der Waals surface area contributed by atoms with E-state index in [0.717, 1.165) is 29.6 Å². The Morgan fingerprint density at radius 2 is 2.00 bits per heavy atom. The average molecular weight is 430 g/mol. The zero-order chi connectivity index (χ0) is 14.9.